The number of nitrogens with zero attached hydrogens (tertiary/aromatic N) is 3. The Morgan fingerprint density at radius 3 is 2.45 bits per heavy atom. The molecule has 0 fully saturated rings. The zero-order valence-corrected chi connectivity index (χ0v) is 18.2. The number of ether oxygens (including phenoxy) is 1. The molecule has 0 saturated heterocycles. The monoisotopic (exact) mass is 418 g/mol. The minimum absolute atomic E-state index is 0.238. The maximum Gasteiger partial charge on any atom is 0.277 e. The average molecular weight is 418 g/mol. The lowest BCUT2D eigenvalue weighted by Crippen LogP contribution is -2.64. The summed E-state index contributed by atoms with van der Waals surface area (Å²) < 4.78 is 6.82. The molecular weight excluding hydrogens is 392 g/mol. The average Bonchev–Trinajstić information content (AvgIpc) is 3.13. The van der Waals surface area contributed by atoms with Crippen molar-refractivity contribution in [1.82, 2.24) is 15.1 Å². The number of fused-ring (bicyclic) bond motifs is 1. The SMILES string of the molecule is COc1ccc(CNC(=O)[C@]2(C)Cn3nc(C)cc3C(=O)N2c2ccc(C)cc2)cc1. The molecule has 0 spiro atoms. The molecule has 1 aliphatic rings. The fourth-order valence-corrected chi connectivity index (χ4v) is 3.92. The summed E-state index contributed by atoms with van der Waals surface area (Å²) in [6.07, 6.45) is 0. The Kier molecular flexibility index (Phi) is 5.27. The molecule has 1 N–H and O–H groups in total. The highest BCUT2D eigenvalue weighted by Gasteiger charge is 2.48. The number of rotatable bonds is 5. The Labute approximate surface area is 181 Å². The Hall–Kier alpha value is -3.61. The lowest BCUT2D eigenvalue weighted by Gasteiger charge is -2.43. The van der Waals surface area contributed by atoms with Gasteiger partial charge >= 0.3 is 0 Å². The fraction of sp³-hybridized carbons (Fsp3) is 0.292. The van der Waals surface area contributed by atoms with Gasteiger partial charge in [0, 0.05) is 12.2 Å². The molecule has 1 aliphatic heterocycles. The van der Waals surface area contributed by atoms with Gasteiger partial charge in [0.15, 0.2) is 0 Å². The number of nitrogens with one attached hydrogen (secondary N) is 1. The number of carbonyl (C=O) groups excluding carboxylic acids is 2. The second-order valence-electron chi connectivity index (χ2n) is 8.11. The molecule has 7 heteroatoms. The van der Waals surface area contributed by atoms with Crippen LogP contribution in [0.3, 0.4) is 0 Å². The molecule has 1 atom stereocenters. The number of anilines is 1. The van der Waals surface area contributed by atoms with Gasteiger partial charge in [0.2, 0.25) is 5.91 Å². The molecule has 31 heavy (non-hydrogen) atoms. The van der Waals surface area contributed by atoms with Gasteiger partial charge in [-0.05, 0) is 56.7 Å². The third-order valence-corrected chi connectivity index (χ3v) is 5.67. The van der Waals surface area contributed by atoms with Crippen molar-refractivity contribution >= 4 is 17.5 Å². The highest BCUT2D eigenvalue weighted by atomic mass is 16.5. The van der Waals surface area contributed by atoms with E-state index in [0.29, 0.717) is 17.9 Å². The van der Waals surface area contributed by atoms with E-state index in [0.717, 1.165) is 22.6 Å². The largest absolute Gasteiger partial charge is 0.497 e. The van der Waals surface area contributed by atoms with Crippen LogP contribution >= 0.6 is 0 Å². The second-order valence-corrected chi connectivity index (χ2v) is 8.11. The van der Waals surface area contributed by atoms with Gasteiger partial charge in [0.05, 0.1) is 19.3 Å². The minimum atomic E-state index is -1.13. The molecular formula is C24H26N4O3. The molecule has 2 heterocycles. The Balaban J connectivity index is 1.66. The van der Waals surface area contributed by atoms with Crippen molar-refractivity contribution in [2.24, 2.45) is 0 Å². The first-order valence-corrected chi connectivity index (χ1v) is 10.2. The molecule has 0 unspecified atom stereocenters. The molecule has 0 saturated carbocycles. The predicted molar refractivity (Wildman–Crippen MR) is 118 cm³/mol. The predicted octanol–water partition coefficient (Wildman–Crippen LogP) is 3.24. The molecule has 0 bridgehead atoms. The third kappa shape index (κ3) is 3.79. The van der Waals surface area contributed by atoms with Gasteiger partial charge in [0.1, 0.15) is 17.0 Å². The van der Waals surface area contributed by atoms with Gasteiger partial charge in [-0.2, -0.15) is 5.10 Å². The topological polar surface area (TPSA) is 76.5 Å². The van der Waals surface area contributed by atoms with Crippen molar-refractivity contribution in [3.05, 3.63) is 77.1 Å². The zero-order chi connectivity index (χ0) is 22.2. The number of benzene rings is 2. The van der Waals surface area contributed by atoms with Gasteiger partial charge in [-0.1, -0.05) is 29.8 Å². The molecule has 4 rings (SSSR count). The minimum Gasteiger partial charge on any atom is -0.497 e. The smallest absolute Gasteiger partial charge is 0.277 e. The van der Waals surface area contributed by atoms with Gasteiger partial charge < -0.3 is 10.1 Å². The van der Waals surface area contributed by atoms with Crippen molar-refractivity contribution in [1.29, 1.82) is 0 Å². The molecule has 1 aromatic heterocycles. The van der Waals surface area contributed by atoms with E-state index < -0.39 is 5.54 Å². The Bertz CT molecular complexity index is 1120. The van der Waals surface area contributed by atoms with Gasteiger partial charge in [0.25, 0.3) is 5.91 Å². The van der Waals surface area contributed by atoms with Gasteiger partial charge in [-0.25, -0.2) is 0 Å². The molecule has 2 amide bonds. The summed E-state index contributed by atoms with van der Waals surface area (Å²) in [7, 11) is 1.61. The lowest BCUT2D eigenvalue weighted by molar-refractivity contribution is -0.126. The van der Waals surface area contributed by atoms with Crippen LogP contribution in [0.15, 0.2) is 54.6 Å². The summed E-state index contributed by atoms with van der Waals surface area (Å²) in [6.45, 7) is 6.23. The molecule has 2 aromatic carbocycles. The van der Waals surface area contributed by atoms with Crippen LogP contribution in [0, 0.1) is 13.8 Å². The van der Waals surface area contributed by atoms with Crippen LogP contribution in [0.4, 0.5) is 5.69 Å². The van der Waals surface area contributed by atoms with E-state index in [4.69, 9.17) is 4.74 Å². The first-order valence-electron chi connectivity index (χ1n) is 10.2. The summed E-state index contributed by atoms with van der Waals surface area (Å²) in [5, 5.41) is 7.44. The Morgan fingerprint density at radius 2 is 1.81 bits per heavy atom. The molecule has 0 aliphatic carbocycles. The van der Waals surface area contributed by atoms with Crippen molar-refractivity contribution < 1.29 is 14.3 Å². The normalized spacial score (nSPS) is 17.9. The summed E-state index contributed by atoms with van der Waals surface area (Å²) in [6, 6.07) is 16.9. The number of aryl methyl sites for hydroxylation is 2. The number of hydrogen-bond donors (Lipinski definition) is 1. The van der Waals surface area contributed by atoms with E-state index in [-0.39, 0.29) is 18.4 Å². The van der Waals surface area contributed by atoms with Crippen LogP contribution in [0.2, 0.25) is 0 Å². The van der Waals surface area contributed by atoms with E-state index in [1.807, 2.05) is 62.4 Å². The Morgan fingerprint density at radius 1 is 1.13 bits per heavy atom. The van der Waals surface area contributed by atoms with E-state index in [1.165, 1.54) is 0 Å². The maximum absolute atomic E-state index is 13.5. The first-order chi connectivity index (χ1) is 14.8. The number of carbonyl (C=O) groups is 2. The van der Waals surface area contributed by atoms with E-state index in [9.17, 15) is 9.59 Å². The molecule has 3 aromatic rings. The number of amides is 2. The van der Waals surface area contributed by atoms with E-state index in [2.05, 4.69) is 10.4 Å². The summed E-state index contributed by atoms with van der Waals surface area (Å²) in [4.78, 5) is 28.5. The first kappa shape index (κ1) is 20.7. The van der Waals surface area contributed by atoms with Crippen molar-refractivity contribution in [3.63, 3.8) is 0 Å². The summed E-state index contributed by atoms with van der Waals surface area (Å²) in [5.41, 5.74) is 2.80. The number of hydrogen-bond acceptors (Lipinski definition) is 4. The molecule has 160 valence electrons. The fourth-order valence-electron chi connectivity index (χ4n) is 3.92. The van der Waals surface area contributed by atoms with Crippen LogP contribution in [0.1, 0.15) is 34.2 Å². The third-order valence-electron chi connectivity index (χ3n) is 5.67. The summed E-state index contributed by atoms with van der Waals surface area (Å²) in [5.74, 6) is 0.279. The van der Waals surface area contributed by atoms with Crippen molar-refractivity contribution in [2.75, 3.05) is 12.0 Å². The quantitative estimate of drug-likeness (QED) is 0.690. The van der Waals surface area contributed by atoms with Crippen molar-refractivity contribution in [2.45, 2.75) is 39.4 Å². The number of aromatic nitrogens is 2. The highest BCUT2D eigenvalue weighted by molar-refractivity contribution is 6.11. The molecule has 0 radical (unpaired) electrons. The van der Waals surface area contributed by atoms with E-state index >= 15 is 0 Å². The van der Waals surface area contributed by atoms with Crippen LogP contribution in [0.5, 0.6) is 5.75 Å². The lowest BCUT2D eigenvalue weighted by atomic mass is 9.93. The highest BCUT2D eigenvalue weighted by Crippen LogP contribution is 2.33. The van der Waals surface area contributed by atoms with Crippen LogP contribution in [-0.4, -0.2) is 34.2 Å². The standard InChI is InChI=1S/C24H26N4O3/c1-16-5-9-19(10-6-16)28-22(29)21-13-17(2)26-27(21)15-24(28,3)23(30)25-14-18-7-11-20(31-4)12-8-18/h5-13H,14-15H2,1-4H3,(H,25,30)/t24-/m0/s1. The molecule has 7 nitrogen and oxygen atoms in total. The number of methoxy groups -OCH3 is 1. The van der Waals surface area contributed by atoms with Crippen LogP contribution in [-0.2, 0) is 17.9 Å². The summed E-state index contributed by atoms with van der Waals surface area (Å²) >= 11 is 0. The van der Waals surface area contributed by atoms with Gasteiger partial charge in [-0.15, -0.1) is 0 Å². The second kappa shape index (κ2) is 7.91. The van der Waals surface area contributed by atoms with Crippen LogP contribution in [0.25, 0.3) is 0 Å². The van der Waals surface area contributed by atoms with Crippen molar-refractivity contribution in [3.8, 4) is 5.75 Å². The maximum atomic E-state index is 13.5. The zero-order valence-electron chi connectivity index (χ0n) is 18.2. The van der Waals surface area contributed by atoms with E-state index in [1.54, 1.807) is 29.7 Å². The van der Waals surface area contributed by atoms with Gasteiger partial charge in [-0.3, -0.25) is 19.2 Å². The van der Waals surface area contributed by atoms with Crippen LogP contribution < -0.4 is 15.0 Å².